The lowest BCUT2D eigenvalue weighted by Gasteiger charge is -2.42. The third-order valence-corrected chi connectivity index (χ3v) is 5.16. The van der Waals surface area contributed by atoms with E-state index in [1.165, 1.54) is 12.8 Å². The van der Waals surface area contributed by atoms with Crippen LogP contribution in [0.25, 0.3) is 0 Å². The van der Waals surface area contributed by atoms with Crippen LogP contribution in [0, 0.1) is 0 Å². The van der Waals surface area contributed by atoms with Gasteiger partial charge in [-0.2, -0.15) is 0 Å². The zero-order chi connectivity index (χ0) is 16.4. The first-order valence-corrected chi connectivity index (χ1v) is 8.66. The number of amides is 1. The van der Waals surface area contributed by atoms with E-state index in [0.717, 1.165) is 25.3 Å². The van der Waals surface area contributed by atoms with Crippen molar-refractivity contribution < 1.29 is 14.6 Å². The van der Waals surface area contributed by atoms with Crippen LogP contribution < -0.4 is 9.64 Å². The highest BCUT2D eigenvalue weighted by atomic mass is 16.5. The number of rotatable bonds is 5. The van der Waals surface area contributed by atoms with E-state index in [4.69, 9.17) is 4.74 Å². The molecule has 5 heteroatoms. The Hall–Kier alpha value is -1.75. The number of ether oxygens (including phenoxy) is 1. The van der Waals surface area contributed by atoms with E-state index in [9.17, 15) is 9.90 Å². The van der Waals surface area contributed by atoms with Crippen LogP contribution in [-0.4, -0.2) is 47.7 Å². The molecule has 5 nitrogen and oxygen atoms in total. The maximum Gasteiger partial charge on any atom is 0.271 e. The molecule has 0 bridgehead atoms. The molecule has 1 fully saturated rings. The van der Waals surface area contributed by atoms with Gasteiger partial charge in [0.1, 0.15) is 11.5 Å². The van der Waals surface area contributed by atoms with Crippen LogP contribution >= 0.6 is 0 Å². The van der Waals surface area contributed by atoms with Gasteiger partial charge in [-0.05, 0) is 50.9 Å². The number of benzene rings is 1. The highest BCUT2D eigenvalue weighted by molar-refractivity contribution is 6.03. The second kappa shape index (κ2) is 6.40. The molecular weight excluding hydrogens is 292 g/mol. The molecule has 0 aliphatic carbocycles. The Labute approximate surface area is 137 Å². The van der Waals surface area contributed by atoms with Gasteiger partial charge in [-0.3, -0.25) is 4.79 Å². The highest BCUT2D eigenvalue weighted by Crippen LogP contribution is 2.42. The normalized spacial score (nSPS) is 20.4. The average Bonchev–Trinajstić information content (AvgIpc) is 3.07. The van der Waals surface area contributed by atoms with Crippen molar-refractivity contribution in [2.24, 2.45) is 0 Å². The van der Waals surface area contributed by atoms with Gasteiger partial charge < -0.3 is 19.6 Å². The molecule has 0 saturated carbocycles. The molecule has 1 amide bonds. The zero-order valence-corrected chi connectivity index (χ0v) is 14.0. The van der Waals surface area contributed by atoms with Crippen molar-refractivity contribution in [3.05, 3.63) is 18.2 Å². The number of carbonyl (C=O) groups excluding carboxylic acids is 1. The molecule has 0 aromatic heterocycles. The lowest BCUT2D eigenvalue weighted by atomic mass is 9.92. The van der Waals surface area contributed by atoms with Crippen molar-refractivity contribution in [3.8, 4) is 11.5 Å². The van der Waals surface area contributed by atoms with E-state index in [2.05, 4.69) is 4.90 Å². The first kappa shape index (κ1) is 16.1. The number of nitrogens with zero attached hydrogens (tertiary/aromatic N) is 2. The maximum absolute atomic E-state index is 13.1. The Balaban J connectivity index is 1.89. The molecular formula is C18H26N2O3. The van der Waals surface area contributed by atoms with Crippen LogP contribution in [0.5, 0.6) is 11.5 Å². The summed E-state index contributed by atoms with van der Waals surface area (Å²) in [5.41, 5.74) is -0.0456. The molecule has 23 heavy (non-hydrogen) atoms. The van der Waals surface area contributed by atoms with E-state index in [1.807, 2.05) is 18.7 Å². The number of likely N-dealkylation sites (tertiary alicyclic amines) is 1. The molecule has 3 rings (SSSR count). The average molecular weight is 318 g/mol. The number of fused-ring (bicyclic) bond motifs is 1. The second-order valence-electron chi connectivity index (χ2n) is 6.46. The van der Waals surface area contributed by atoms with Gasteiger partial charge in [-0.1, -0.05) is 13.8 Å². The van der Waals surface area contributed by atoms with Crippen molar-refractivity contribution in [2.75, 3.05) is 31.1 Å². The second-order valence-corrected chi connectivity index (χ2v) is 6.46. The molecule has 2 heterocycles. The van der Waals surface area contributed by atoms with Crippen molar-refractivity contribution in [1.29, 1.82) is 0 Å². The Morgan fingerprint density at radius 3 is 2.52 bits per heavy atom. The van der Waals surface area contributed by atoms with Crippen molar-refractivity contribution in [2.45, 2.75) is 45.1 Å². The molecule has 1 N–H and O–H groups in total. The fraction of sp³-hybridized carbons (Fsp3) is 0.611. The topological polar surface area (TPSA) is 53.0 Å². The number of anilines is 1. The highest BCUT2D eigenvalue weighted by Gasteiger charge is 2.45. The maximum atomic E-state index is 13.1. The minimum Gasteiger partial charge on any atom is -0.508 e. The molecule has 1 aromatic carbocycles. The third-order valence-electron chi connectivity index (χ3n) is 5.16. The molecule has 0 unspecified atom stereocenters. The Morgan fingerprint density at radius 1 is 1.17 bits per heavy atom. The predicted molar refractivity (Wildman–Crippen MR) is 90.1 cm³/mol. The van der Waals surface area contributed by atoms with Gasteiger partial charge in [0.15, 0.2) is 5.60 Å². The lowest BCUT2D eigenvalue weighted by molar-refractivity contribution is -0.136. The van der Waals surface area contributed by atoms with Crippen molar-refractivity contribution in [1.82, 2.24) is 4.90 Å². The van der Waals surface area contributed by atoms with Gasteiger partial charge in [-0.15, -0.1) is 0 Å². The van der Waals surface area contributed by atoms with Crippen LogP contribution in [-0.2, 0) is 4.79 Å². The van der Waals surface area contributed by atoms with Gasteiger partial charge in [0.2, 0.25) is 0 Å². The summed E-state index contributed by atoms with van der Waals surface area (Å²) in [5, 5.41) is 9.77. The Kier molecular flexibility index (Phi) is 4.48. The summed E-state index contributed by atoms with van der Waals surface area (Å²) in [6, 6.07) is 5.01. The summed E-state index contributed by atoms with van der Waals surface area (Å²) in [5.74, 6) is 0.813. The molecule has 1 aromatic rings. The standard InChI is InChI=1S/C18H26N2O3/c1-3-18(4-2)17(22)20(12-11-19-9-5-6-10-19)15-8-7-14(21)13-16(15)23-18/h7-8,13,21H,3-6,9-12H2,1-2H3. The molecule has 2 aliphatic rings. The van der Waals surface area contributed by atoms with Crippen molar-refractivity contribution in [3.63, 3.8) is 0 Å². The van der Waals surface area contributed by atoms with E-state index in [0.29, 0.717) is 25.1 Å². The molecule has 0 radical (unpaired) electrons. The number of hydrogen-bond donors (Lipinski definition) is 1. The summed E-state index contributed by atoms with van der Waals surface area (Å²) in [4.78, 5) is 17.3. The molecule has 0 atom stereocenters. The molecule has 126 valence electrons. The van der Waals surface area contributed by atoms with Crippen LogP contribution in [0.4, 0.5) is 5.69 Å². The summed E-state index contributed by atoms with van der Waals surface area (Å²) >= 11 is 0. The largest absolute Gasteiger partial charge is 0.508 e. The van der Waals surface area contributed by atoms with Gasteiger partial charge in [0.05, 0.1) is 5.69 Å². The zero-order valence-electron chi connectivity index (χ0n) is 14.0. The fourth-order valence-electron chi connectivity index (χ4n) is 3.58. The van der Waals surface area contributed by atoms with Gasteiger partial charge in [0.25, 0.3) is 5.91 Å². The minimum absolute atomic E-state index is 0.0416. The number of phenolic OH excluding ortho intramolecular Hbond substituents is 1. The SMILES string of the molecule is CCC1(CC)Oc2cc(O)ccc2N(CCN2CCCC2)C1=O. The number of phenols is 1. The van der Waals surface area contributed by atoms with Gasteiger partial charge in [-0.25, -0.2) is 0 Å². The fourth-order valence-corrected chi connectivity index (χ4v) is 3.58. The van der Waals surface area contributed by atoms with Crippen LogP contribution in [0.1, 0.15) is 39.5 Å². The lowest BCUT2D eigenvalue weighted by Crippen LogP contribution is -2.56. The molecule has 2 aliphatic heterocycles. The Morgan fingerprint density at radius 2 is 1.87 bits per heavy atom. The number of carbonyl (C=O) groups is 1. The Bertz CT molecular complexity index is 578. The quantitative estimate of drug-likeness (QED) is 0.907. The summed E-state index contributed by atoms with van der Waals surface area (Å²) in [7, 11) is 0. The summed E-state index contributed by atoms with van der Waals surface area (Å²) in [6.07, 6.45) is 3.74. The molecule has 1 saturated heterocycles. The third kappa shape index (κ3) is 2.90. The first-order valence-electron chi connectivity index (χ1n) is 8.66. The van der Waals surface area contributed by atoms with E-state index in [-0.39, 0.29) is 11.7 Å². The first-order chi connectivity index (χ1) is 11.1. The van der Waals surface area contributed by atoms with E-state index >= 15 is 0 Å². The number of hydrogen-bond acceptors (Lipinski definition) is 4. The van der Waals surface area contributed by atoms with Crippen LogP contribution in [0.2, 0.25) is 0 Å². The summed E-state index contributed by atoms with van der Waals surface area (Å²) < 4.78 is 6.05. The smallest absolute Gasteiger partial charge is 0.271 e. The number of aromatic hydroxyl groups is 1. The van der Waals surface area contributed by atoms with Crippen LogP contribution in [0.15, 0.2) is 18.2 Å². The van der Waals surface area contributed by atoms with Crippen LogP contribution in [0.3, 0.4) is 0 Å². The predicted octanol–water partition coefficient (Wildman–Crippen LogP) is 2.77. The van der Waals surface area contributed by atoms with Crippen molar-refractivity contribution >= 4 is 11.6 Å². The van der Waals surface area contributed by atoms with E-state index in [1.54, 1.807) is 18.2 Å². The van der Waals surface area contributed by atoms with E-state index < -0.39 is 5.60 Å². The monoisotopic (exact) mass is 318 g/mol. The molecule has 0 spiro atoms. The minimum atomic E-state index is -0.814. The summed E-state index contributed by atoms with van der Waals surface area (Å²) in [6.45, 7) is 7.75. The van der Waals surface area contributed by atoms with Gasteiger partial charge in [0, 0.05) is 19.2 Å². The van der Waals surface area contributed by atoms with Gasteiger partial charge >= 0.3 is 0 Å².